The smallest absolute Gasteiger partial charge is 0.336 e. The predicted molar refractivity (Wildman–Crippen MR) is 66.3 cm³/mol. The molecule has 0 radical (unpaired) electrons. The van der Waals surface area contributed by atoms with Crippen LogP contribution in [0.25, 0.3) is 0 Å². The van der Waals surface area contributed by atoms with Gasteiger partial charge in [-0.2, -0.15) is 0 Å². The molecule has 1 aromatic carbocycles. The van der Waals surface area contributed by atoms with Crippen LogP contribution in [0.2, 0.25) is 0 Å². The molecule has 1 N–H and O–H groups in total. The fourth-order valence-corrected chi connectivity index (χ4v) is 1.84. The molecule has 1 aromatic rings. The largest absolute Gasteiger partial charge is 0.457 e. The monoisotopic (exact) mass is 245 g/mol. The second kappa shape index (κ2) is 5.49. The number of amides is 1. The lowest BCUT2D eigenvalue weighted by atomic mass is 10.0. The van der Waals surface area contributed by atoms with Gasteiger partial charge in [-0.15, -0.1) is 0 Å². The van der Waals surface area contributed by atoms with Crippen molar-refractivity contribution in [3.8, 4) is 0 Å². The van der Waals surface area contributed by atoms with Gasteiger partial charge in [-0.1, -0.05) is 30.3 Å². The Morgan fingerprint density at radius 2 is 2.00 bits per heavy atom. The third kappa shape index (κ3) is 2.97. The molecule has 2 rings (SSSR count). The van der Waals surface area contributed by atoms with Crippen molar-refractivity contribution in [2.75, 3.05) is 0 Å². The molecule has 4 nitrogen and oxygen atoms in total. The topological polar surface area (TPSA) is 55.4 Å². The number of benzene rings is 1. The predicted octanol–water partition coefficient (Wildman–Crippen LogP) is 1.91. The van der Waals surface area contributed by atoms with Crippen molar-refractivity contribution in [2.24, 2.45) is 0 Å². The summed E-state index contributed by atoms with van der Waals surface area (Å²) in [5, 5.41) is 2.65. The minimum absolute atomic E-state index is 0.0490. The Labute approximate surface area is 106 Å². The van der Waals surface area contributed by atoms with Gasteiger partial charge >= 0.3 is 5.97 Å². The van der Waals surface area contributed by atoms with E-state index in [-0.39, 0.29) is 18.5 Å². The maximum atomic E-state index is 11.9. The molecule has 0 saturated heterocycles. The average molecular weight is 245 g/mol. The van der Waals surface area contributed by atoms with Gasteiger partial charge in [-0.25, -0.2) is 4.79 Å². The van der Waals surface area contributed by atoms with Crippen LogP contribution in [0.15, 0.2) is 41.6 Å². The molecule has 1 heterocycles. The SMILES string of the molecule is CC1=C(C(=O)OCc2ccccc2)CCC(=O)N1. The number of esters is 1. The summed E-state index contributed by atoms with van der Waals surface area (Å²) in [5.41, 5.74) is 2.11. The van der Waals surface area contributed by atoms with E-state index in [0.29, 0.717) is 24.1 Å². The van der Waals surface area contributed by atoms with Gasteiger partial charge in [-0.3, -0.25) is 4.79 Å². The molecule has 0 aromatic heterocycles. The summed E-state index contributed by atoms with van der Waals surface area (Å²) in [4.78, 5) is 23.0. The Kier molecular flexibility index (Phi) is 3.77. The molecule has 0 aliphatic carbocycles. The summed E-state index contributed by atoms with van der Waals surface area (Å²) in [6.45, 7) is 1.97. The molecule has 0 fully saturated rings. The number of ether oxygens (including phenoxy) is 1. The maximum Gasteiger partial charge on any atom is 0.336 e. The highest BCUT2D eigenvalue weighted by Gasteiger charge is 2.21. The van der Waals surface area contributed by atoms with Gasteiger partial charge in [0, 0.05) is 12.1 Å². The maximum absolute atomic E-state index is 11.9. The Balaban J connectivity index is 1.96. The number of carbonyl (C=O) groups is 2. The molecule has 18 heavy (non-hydrogen) atoms. The number of carbonyl (C=O) groups excluding carboxylic acids is 2. The van der Waals surface area contributed by atoms with Gasteiger partial charge in [0.1, 0.15) is 6.61 Å². The quantitative estimate of drug-likeness (QED) is 0.828. The Hall–Kier alpha value is -2.10. The first-order valence-corrected chi connectivity index (χ1v) is 5.87. The van der Waals surface area contributed by atoms with E-state index in [1.165, 1.54) is 0 Å². The summed E-state index contributed by atoms with van der Waals surface area (Å²) in [7, 11) is 0. The van der Waals surface area contributed by atoms with E-state index in [4.69, 9.17) is 4.74 Å². The van der Waals surface area contributed by atoms with Gasteiger partial charge in [0.05, 0.1) is 5.57 Å². The molecule has 0 spiro atoms. The van der Waals surface area contributed by atoms with Crippen LogP contribution < -0.4 is 5.32 Å². The van der Waals surface area contributed by atoms with Crippen molar-refractivity contribution in [3.05, 3.63) is 47.2 Å². The highest BCUT2D eigenvalue weighted by molar-refractivity contribution is 5.93. The van der Waals surface area contributed by atoms with Crippen LogP contribution in [0.4, 0.5) is 0 Å². The molecule has 1 amide bonds. The zero-order valence-corrected chi connectivity index (χ0v) is 10.2. The lowest BCUT2D eigenvalue weighted by molar-refractivity contribution is -0.140. The molecule has 0 unspecified atom stereocenters. The zero-order chi connectivity index (χ0) is 13.0. The Bertz CT molecular complexity index is 491. The molecule has 0 saturated carbocycles. The molecular weight excluding hydrogens is 230 g/mol. The molecule has 0 atom stereocenters. The van der Waals surface area contributed by atoms with Crippen LogP contribution in [0.5, 0.6) is 0 Å². The van der Waals surface area contributed by atoms with Crippen molar-refractivity contribution in [1.82, 2.24) is 5.32 Å². The third-order valence-electron chi connectivity index (χ3n) is 2.84. The van der Waals surface area contributed by atoms with Crippen LogP contribution in [-0.2, 0) is 20.9 Å². The van der Waals surface area contributed by atoms with Crippen LogP contribution in [0, 0.1) is 0 Å². The minimum Gasteiger partial charge on any atom is -0.457 e. The zero-order valence-electron chi connectivity index (χ0n) is 10.2. The summed E-state index contributed by atoms with van der Waals surface area (Å²) in [6, 6.07) is 9.51. The fraction of sp³-hybridized carbons (Fsp3) is 0.286. The van der Waals surface area contributed by atoms with Crippen molar-refractivity contribution >= 4 is 11.9 Å². The van der Waals surface area contributed by atoms with E-state index < -0.39 is 0 Å². The van der Waals surface area contributed by atoms with E-state index in [2.05, 4.69) is 5.32 Å². The van der Waals surface area contributed by atoms with Crippen LogP contribution in [0.1, 0.15) is 25.3 Å². The second-order valence-electron chi connectivity index (χ2n) is 4.21. The average Bonchev–Trinajstić information content (AvgIpc) is 2.37. The first kappa shape index (κ1) is 12.4. The molecular formula is C14H15NO3. The van der Waals surface area contributed by atoms with E-state index in [1.807, 2.05) is 30.3 Å². The Morgan fingerprint density at radius 1 is 1.28 bits per heavy atom. The summed E-state index contributed by atoms with van der Waals surface area (Å²) >= 11 is 0. The van der Waals surface area contributed by atoms with E-state index in [0.717, 1.165) is 5.56 Å². The van der Waals surface area contributed by atoms with Crippen LogP contribution in [-0.4, -0.2) is 11.9 Å². The Morgan fingerprint density at radius 3 is 2.67 bits per heavy atom. The summed E-state index contributed by atoms with van der Waals surface area (Å²) in [6.07, 6.45) is 0.790. The molecule has 0 bridgehead atoms. The fourth-order valence-electron chi connectivity index (χ4n) is 1.84. The lowest BCUT2D eigenvalue weighted by Crippen LogP contribution is -2.29. The van der Waals surface area contributed by atoms with Gasteiger partial charge in [0.25, 0.3) is 0 Å². The van der Waals surface area contributed by atoms with Gasteiger partial charge in [0.15, 0.2) is 0 Å². The van der Waals surface area contributed by atoms with E-state index in [1.54, 1.807) is 6.92 Å². The van der Waals surface area contributed by atoms with E-state index >= 15 is 0 Å². The summed E-state index contributed by atoms with van der Waals surface area (Å²) in [5.74, 6) is -0.400. The molecule has 1 aliphatic rings. The van der Waals surface area contributed by atoms with Crippen molar-refractivity contribution in [3.63, 3.8) is 0 Å². The minimum atomic E-state index is -0.351. The van der Waals surface area contributed by atoms with E-state index in [9.17, 15) is 9.59 Å². The number of rotatable bonds is 3. The highest BCUT2D eigenvalue weighted by atomic mass is 16.5. The number of allylic oxidation sites excluding steroid dienone is 1. The van der Waals surface area contributed by atoms with Crippen molar-refractivity contribution < 1.29 is 14.3 Å². The van der Waals surface area contributed by atoms with Crippen LogP contribution in [0.3, 0.4) is 0 Å². The number of hydrogen-bond donors (Lipinski definition) is 1. The van der Waals surface area contributed by atoms with Crippen molar-refractivity contribution in [2.45, 2.75) is 26.4 Å². The normalized spacial score (nSPS) is 15.3. The molecule has 94 valence electrons. The number of nitrogens with one attached hydrogen (secondary N) is 1. The highest BCUT2D eigenvalue weighted by Crippen LogP contribution is 2.17. The molecule has 4 heteroatoms. The summed E-state index contributed by atoms with van der Waals surface area (Å²) < 4.78 is 5.23. The van der Waals surface area contributed by atoms with Gasteiger partial charge < -0.3 is 10.1 Å². The first-order chi connectivity index (χ1) is 8.66. The van der Waals surface area contributed by atoms with Crippen LogP contribution >= 0.6 is 0 Å². The first-order valence-electron chi connectivity index (χ1n) is 5.87. The van der Waals surface area contributed by atoms with Crippen molar-refractivity contribution in [1.29, 1.82) is 0 Å². The molecule has 1 aliphatic heterocycles. The van der Waals surface area contributed by atoms with Gasteiger partial charge in [0.2, 0.25) is 5.91 Å². The number of hydrogen-bond acceptors (Lipinski definition) is 3. The second-order valence-corrected chi connectivity index (χ2v) is 4.21. The standard InChI is InChI=1S/C14H15NO3/c1-10-12(7-8-13(16)15-10)14(17)18-9-11-5-3-2-4-6-11/h2-6H,7-9H2,1H3,(H,15,16). The van der Waals surface area contributed by atoms with Gasteiger partial charge in [-0.05, 0) is 18.9 Å². The lowest BCUT2D eigenvalue weighted by Gasteiger charge is -2.17. The third-order valence-corrected chi connectivity index (χ3v) is 2.84.